The number of amides is 2. The molecule has 0 aromatic heterocycles. The molecule has 4 heteroatoms. The van der Waals surface area contributed by atoms with Gasteiger partial charge in [-0.25, -0.2) is 0 Å². The molecule has 0 bridgehead atoms. The zero-order valence-corrected chi connectivity index (χ0v) is 15.1. The molecule has 2 amide bonds. The molecular weight excluding hydrogens is 348 g/mol. The number of allylic oxidation sites excluding steroid dienone is 6. The first-order valence-corrected chi connectivity index (χ1v) is 8.95. The highest BCUT2D eigenvalue weighted by Gasteiger charge is 2.16. The van der Waals surface area contributed by atoms with Gasteiger partial charge in [-0.15, -0.1) is 0 Å². The summed E-state index contributed by atoms with van der Waals surface area (Å²) in [7, 11) is 0. The number of nitrogens with zero attached hydrogens (tertiary/aromatic N) is 2. The van der Waals surface area contributed by atoms with E-state index in [0.717, 1.165) is 11.1 Å². The molecule has 0 fully saturated rings. The summed E-state index contributed by atoms with van der Waals surface area (Å²) in [6, 6.07) is 18.3. The maximum absolute atomic E-state index is 12.5. The number of rotatable bonds is 2. The Hall–Kier alpha value is -3.92. The van der Waals surface area contributed by atoms with Crippen molar-refractivity contribution in [3.63, 3.8) is 0 Å². The first kappa shape index (κ1) is 17.5. The summed E-state index contributed by atoms with van der Waals surface area (Å²) in [5.74, 6) is -0.155. The van der Waals surface area contributed by atoms with Gasteiger partial charge >= 0.3 is 0 Å². The molecule has 136 valence electrons. The lowest BCUT2D eigenvalue weighted by Crippen LogP contribution is -2.22. The van der Waals surface area contributed by atoms with Gasteiger partial charge in [-0.1, -0.05) is 36.4 Å². The standard InChI is InChI=1S/C24H18N2O2/c27-23(21-7-3-1-4-8-21)25-15-11-19(12-16-25)20-13-17-26(18-14-20)24(28)22-9-5-2-6-10-22/h1-18H. The average molecular weight is 366 g/mol. The normalized spacial score (nSPS) is 15.3. The minimum absolute atomic E-state index is 0.0773. The maximum atomic E-state index is 12.5. The summed E-state index contributed by atoms with van der Waals surface area (Å²) in [4.78, 5) is 28.1. The van der Waals surface area contributed by atoms with E-state index in [1.807, 2.05) is 60.7 Å². The highest BCUT2D eigenvalue weighted by atomic mass is 16.2. The smallest absolute Gasteiger partial charge is 0.261 e. The fraction of sp³-hybridized carbons (Fsp3) is 0. The fourth-order valence-corrected chi connectivity index (χ4v) is 2.97. The van der Waals surface area contributed by atoms with E-state index in [0.29, 0.717) is 11.1 Å². The third kappa shape index (κ3) is 3.62. The van der Waals surface area contributed by atoms with E-state index < -0.39 is 0 Å². The molecule has 4 rings (SSSR count). The molecule has 2 aromatic rings. The van der Waals surface area contributed by atoms with Crippen LogP contribution in [-0.2, 0) is 0 Å². The van der Waals surface area contributed by atoms with Crippen LogP contribution in [0.1, 0.15) is 20.7 Å². The van der Waals surface area contributed by atoms with Crippen LogP contribution in [0.15, 0.2) is 121 Å². The van der Waals surface area contributed by atoms with Gasteiger partial charge in [0.1, 0.15) is 0 Å². The Morgan fingerprint density at radius 2 is 0.821 bits per heavy atom. The Kier molecular flexibility index (Phi) is 4.85. The lowest BCUT2D eigenvalue weighted by Gasteiger charge is -2.20. The van der Waals surface area contributed by atoms with Crippen LogP contribution in [0.4, 0.5) is 0 Å². The Labute approximate surface area is 163 Å². The molecule has 0 unspecified atom stereocenters. The van der Waals surface area contributed by atoms with Crippen molar-refractivity contribution in [2.45, 2.75) is 0 Å². The number of carbonyl (C=O) groups excluding carboxylic acids is 2. The van der Waals surface area contributed by atoms with E-state index in [2.05, 4.69) is 0 Å². The van der Waals surface area contributed by atoms with Crippen molar-refractivity contribution in [1.29, 1.82) is 0 Å². The lowest BCUT2D eigenvalue weighted by atomic mass is 10.0. The average Bonchev–Trinajstić information content (AvgIpc) is 2.79. The predicted molar refractivity (Wildman–Crippen MR) is 109 cm³/mol. The van der Waals surface area contributed by atoms with Gasteiger partial charge in [0.05, 0.1) is 0 Å². The monoisotopic (exact) mass is 366 g/mol. The molecule has 0 N–H and O–H groups in total. The van der Waals surface area contributed by atoms with E-state index in [1.165, 1.54) is 0 Å². The van der Waals surface area contributed by atoms with Crippen molar-refractivity contribution in [3.8, 4) is 0 Å². The largest absolute Gasteiger partial charge is 0.291 e. The van der Waals surface area contributed by atoms with Gasteiger partial charge in [0.15, 0.2) is 0 Å². The highest BCUT2D eigenvalue weighted by molar-refractivity contribution is 5.96. The number of hydrogen-bond acceptors (Lipinski definition) is 2. The van der Waals surface area contributed by atoms with Crippen molar-refractivity contribution < 1.29 is 9.59 Å². The quantitative estimate of drug-likeness (QED) is 0.776. The summed E-state index contributed by atoms with van der Waals surface area (Å²) in [6.45, 7) is 0. The Balaban J connectivity index is 1.46. The van der Waals surface area contributed by atoms with E-state index in [1.54, 1.807) is 58.9 Å². The van der Waals surface area contributed by atoms with Gasteiger partial charge in [0.25, 0.3) is 11.8 Å². The van der Waals surface area contributed by atoms with Crippen molar-refractivity contribution in [3.05, 3.63) is 132 Å². The van der Waals surface area contributed by atoms with E-state index in [-0.39, 0.29) is 11.8 Å². The van der Waals surface area contributed by atoms with Crippen molar-refractivity contribution in [1.82, 2.24) is 9.80 Å². The van der Waals surface area contributed by atoms with Crippen LogP contribution < -0.4 is 0 Å². The topological polar surface area (TPSA) is 40.6 Å². The molecule has 0 saturated carbocycles. The number of hydrogen-bond donors (Lipinski definition) is 0. The molecule has 0 atom stereocenters. The molecule has 0 radical (unpaired) electrons. The molecule has 2 aliphatic heterocycles. The summed E-state index contributed by atoms with van der Waals surface area (Å²) in [6.07, 6.45) is 14.6. The molecule has 0 saturated heterocycles. The number of benzene rings is 2. The van der Waals surface area contributed by atoms with Crippen molar-refractivity contribution in [2.24, 2.45) is 0 Å². The first-order chi connectivity index (χ1) is 13.7. The third-order valence-electron chi connectivity index (χ3n) is 4.50. The highest BCUT2D eigenvalue weighted by Crippen LogP contribution is 2.21. The number of carbonyl (C=O) groups is 2. The lowest BCUT2D eigenvalue weighted by molar-refractivity contribution is 0.0860. The van der Waals surface area contributed by atoms with Gasteiger partial charge in [-0.3, -0.25) is 19.4 Å². The second kappa shape index (κ2) is 7.76. The molecule has 0 spiro atoms. The van der Waals surface area contributed by atoms with E-state index >= 15 is 0 Å². The zero-order valence-electron chi connectivity index (χ0n) is 15.1. The van der Waals surface area contributed by atoms with E-state index in [4.69, 9.17) is 0 Å². The van der Waals surface area contributed by atoms with Crippen molar-refractivity contribution in [2.75, 3.05) is 0 Å². The van der Waals surface area contributed by atoms with Crippen molar-refractivity contribution >= 4 is 11.8 Å². The molecule has 2 aliphatic rings. The molecule has 2 aromatic carbocycles. The Morgan fingerprint density at radius 1 is 0.500 bits per heavy atom. The molecule has 2 heterocycles. The van der Waals surface area contributed by atoms with Gasteiger partial charge in [0.2, 0.25) is 0 Å². The summed E-state index contributed by atoms with van der Waals surface area (Å²) in [5.41, 5.74) is 3.22. The second-order valence-electron chi connectivity index (χ2n) is 6.33. The molecular formula is C24H18N2O2. The van der Waals surface area contributed by atoms with Crippen LogP contribution >= 0.6 is 0 Å². The van der Waals surface area contributed by atoms with Crippen LogP contribution in [0.2, 0.25) is 0 Å². The van der Waals surface area contributed by atoms with Crippen LogP contribution in [-0.4, -0.2) is 21.6 Å². The Bertz CT molecular complexity index is 927. The van der Waals surface area contributed by atoms with Gasteiger partial charge in [-0.2, -0.15) is 0 Å². The summed E-state index contributed by atoms with van der Waals surface area (Å²) < 4.78 is 0. The third-order valence-corrected chi connectivity index (χ3v) is 4.50. The molecule has 4 nitrogen and oxygen atoms in total. The Morgan fingerprint density at radius 3 is 1.14 bits per heavy atom. The summed E-state index contributed by atoms with van der Waals surface area (Å²) >= 11 is 0. The second-order valence-corrected chi connectivity index (χ2v) is 6.33. The van der Waals surface area contributed by atoms with Gasteiger partial charge in [0, 0.05) is 35.9 Å². The van der Waals surface area contributed by atoms with Gasteiger partial charge < -0.3 is 0 Å². The van der Waals surface area contributed by atoms with Crippen LogP contribution in [0.3, 0.4) is 0 Å². The van der Waals surface area contributed by atoms with Crippen LogP contribution in [0, 0.1) is 0 Å². The summed E-state index contributed by atoms with van der Waals surface area (Å²) in [5, 5.41) is 0. The maximum Gasteiger partial charge on any atom is 0.261 e. The fourth-order valence-electron chi connectivity index (χ4n) is 2.97. The van der Waals surface area contributed by atoms with Crippen LogP contribution in [0.25, 0.3) is 0 Å². The minimum atomic E-state index is -0.0773. The predicted octanol–water partition coefficient (Wildman–Crippen LogP) is 4.65. The minimum Gasteiger partial charge on any atom is -0.291 e. The molecule has 28 heavy (non-hydrogen) atoms. The molecule has 0 aliphatic carbocycles. The first-order valence-electron chi connectivity index (χ1n) is 8.95. The van der Waals surface area contributed by atoms with E-state index in [9.17, 15) is 9.59 Å². The SMILES string of the molecule is O=C(c1ccccc1)N1C=CC(=C2C=CN(C(=O)c3ccccc3)C=C2)C=C1. The van der Waals surface area contributed by atoms with Gasteiger partial charge in [-0.05, 0) is 59.7 Å². The van der Waals surface area contributed by atoms with Crippen LogP contribution in [0.5, 0.6) is 0 Å². The zero-order chi connectivity index (χ0) is 19.3.